The molecule has 3 unspecified atom stereocenters. The van der Waals surface area contributed by atoms with Crippen molar-refractivity contribution >= 4 is 11.7 Å². The lowest BCUT2D eigenvalue weighted by molar-refractivity contribution is -0.137. The maximum atomic E-state index is 13.5. The van der Waals surface area contributed by atoms with Crippen LogP contribution in [0.5, 0.6) is 0 Å². The Morgan fingerprint density at radius 1 is 1.12 bits per heavy atom. The number of piperidine rings is 1. The highest BCUT2D eigenvalue weighted by atomic mass is 19.4. The summed E-state index contributed by atoms with van der Waals surface area (Å²) in [6.07, 6.45) is 1.23. The first-order chi connectivity index (χ1) is 15.3. The van der Waals surface area contributed by atoms with E-state index in [2.05, 4.69) is 20.5 Å². The normalized spacial score (nSPS) is 22.4. The third-order valence-corrected chi connectivity index (χ3v) is 6.18. The summed E-state index contributed by atoms with van der Waals surface area (Å²) >= 11 is 0. The monoisotopic (exact) mass is 442 g/mol. The van der Waals surface area contributed by atoms with E-state index in [0.717, 1.165) is 30.7 Å². The Hall–Kier alpha value is -3.43. The molecule has 0 radical (unpaired) electrons. The minimum atomic E-state index is -4.42. The van der Waals surface area contributed by atoms with Gasteiger partial charge in [0.2, 0.25) is 0 Å². The molecule has 2 aliphatic rings. The van der Waals surface area contributed by atoms with Crippen molar-refractivity contribution in [1.29, 1.82) is 0 Å². The van der Waals surface area contributed by atoms with Gasteiger partial charge in [0.15, 0.2) is 0 Å². The zero-order chi connectivity index (χ0) is 22.5. The average molecular weight is 442 g/mol. The number of fused-ring (bicyclic) bond motifs is 2. The smallest absolute Gasteiger partial charge is 0.365 e. The lowest BCUT2D eigenvalue weighted by Crippen LogP contribution is -2.48. The number of likely N-dealkylation sites (tertiary alicyclic amines) is 1. The van der Waals surface area contributed by atoms with Gasteiger partial charge < -0.3 is 10.2 Å². The highest BCUT2D eigenvalue weighted by molar-refractivity contribution is 5.98. The standard InChI is InChI=1S/C22H21F3N6O/c1-13-2-4-16(18(8-13)31-27-6-7-28-31)21(32)30-12-14-9-17(19(30)10-14)29-20-5-3-15(11-26-20)22(23,24)25/h2-8,11,14,17,19H,9-10,12H2,1H3,(H,26,29). The number of alkyl halides is 3. The Kier molecular flexibility index (Phi) is 4.87. The number of anilines is 1. The largest absolute Gasteiger partial charge is 0.417 e. The van der Waals surface area contributed by atoms with Gasteiger partial charge in [0, 0.05) is 18.8 Å². The molecule has 10 heteroatoms. The first-order valence-corrected chi connectivity index (χ1v) is 10.4. The van der Waals surface area contributed by atoms with Crippen LogP contribution in [0.15, 0.2) is 48.9 Å². The number of aryl methyl sites for hydroxylation is 1. The fourth-order valence-electron chi connectivity index (χ4n) is 4.73. The van der Waals surface area contributed by atoms with Gasteiger partial charge in [-0.2, -0.15) is 28.2 Å². The molecule has 166 valence electrons. The molecule has 2 bridgehead atoms. The van der Waals surface area contributed by atoms with Crippen LogP contribution in [-0.4, -0.2) is 49.4 Å². The number of benzene rings is 1. The second-order valence-corrected chi connectivity index (χ2v) is 8.38. The Morgan fingerprint density at radius 2 is 1.91 bits per heavy atom. The number of amides is 1. The molecule has 1 aliphatic carbocycles. The van der Waals surface area contributed by atoms with Crippen LogP contribution in [0.3, 0.4) is 0 Å². The van der Waals surface area contributed by atoms with Crippen molar-refractivity contribution in [3.05, 3.63) is 65.6 Å². The molecule has 2 aromatic heterocycles. The Balaban J connectivity index is 1.36. The number of carbonyl (C=O) groups excluding carboxylic acids is 1. The molecule has 5 rings (SSSR count). The van der Waals surface area contributed by atoms with Gasteiger partial charge in [-0.3, -0.25) is 4.79 Å². The summed E-state index contributed by atoms with van der Waals surface area (Å²) in [5, 5.41) is 11.6. The van der Waals surface area contributed by atoms with Crippen molar-refractivity contribution in [2.45, 2.75) is 38.0 Å². The van der Waals surface area contributed by atoms with Crippen LogP contribution in [0.25, 0.3) is 5.69 Å². The molecule has 1 saturated carbocycles. The van der Waals surface area contributed by atoms with E-state index in [1.54, 1.807) is 18.5 Å². The summed E-state index contributed by atoms with van der Waals surface area (Å²) in [7, 11) is 0. The van der Waals surface area contributed by atoms with Crippen molar-refractivity contribution in [1.82, 2.24) is 24.9 Å². The summed E-state index contributed by atoms with van der Waals surface area (Å²) in [6.45, 7) is 2.60. The van der Waals surface area contributed by atoms with Gasteiger partial charge in [0.25, 0.3) is 5.91 Å². The molecule has 2 fully saturated rings. The maximum absolute atomic E-state index is 13.5. The molecule has 3 heterocycles. The molecular weight excluding hydrogens is 421 g/mol. The number of aromatic nitrogens is 4. The van der Waals surface area contributed by atoms with Gasteiger partial charge in [0.05, 0.1) is 35.2 Å². The van der Waals surface area contributed by atoms with Gasteiger partial charge in [-0.15, -0.1) is 0 Å². The van der Waals surface area contributed by atoms with Crippen molar-refractivity contribution in [3.8, 4) is 5.69 Å². The Labute approximate surface area is 182 Å². The van der Waals surface area contributed by atoms with Gasteiger partial charge >= 0.3 is 6.18 Å². The van der Waals surface area contributed by atoms with Gasteiger partial charge in [-0.05, 0) is 55.5 Å². The molecule has 32 heavy (non-hydrogen) atoms. The van der Waals surface area contributed by atoms with Crippen LogP contribution in [0.1, 0.15) is 34.3 Å². The van der Waals surface area contributed by atoms with Crippen LogP contribution in [0.2, 0.25) is 0 Å². The molecule has 1 aromatic carbocycles. The van der Waals surface area contributed by atoms with Gasteiger partial charge in [0.1, 0.15) is 5.82 Å². The second kappa shape index (κ2) is 7.61. The molecule has 0 spiro atoms. The lowest BCUT2D eigenvalue weighted by atomic mass is 10.0. The predicted octanol–water partition coefficient (Wildman–Crippen LogP) is 3.70. The number of nitrogens with zero attached hydrogens (tertiary/aromatic N) is 5. The molecule has 1 amide bonds. The van der Waals surface area contributed by atoms with E-state index < -0.39 is 11.7 Å². The van der Waals surface area contributed by atoms with E-state index in [9.17, 15) is 18.0 Å². The summed E-state index contributed by atoms with van der Waals surface area (Å²) in [6, 6.07) is 7.78. The highest BCUT2D eigenvalue weighted by Gasteiger charge is 2.47. The SMILES string of the molecule is Cc1ccc(C(=O)N2CC3CC(Nc4ccc(C(F)(F)F)cn4)C2C3)c(-n2nccn2)c1. The van der Waals surface area contributed by atoms with E-state index >= 15 is 0 Å². The van der Waals surface area contributed by atoms with Crippen molar-refractivity contribution in [2.75, 3.05) is 11.9 Å². The molecule has 3 atom stereocenters. The first-order valence-electron chi connectivity index (χ1n) is 10.4. The topological polar surface area (TPSA) is 75.9 Å². The molecule has 7 nitrogen and oxygen atoms in total. The van der Waals surface area contributed by atoms with Crippen LogP contribution >= 0.6 is 0 Å². The third-order valence-electron chi connectivity index (χ3n) is 6.18. The second-order valence-electron chi connectivity index (χ2n) is 8.38. The third kappa shape index (κ3) is 3.69. The number of nitrogens with one attached hydrogen (secondary N) is 1. The van der Waals surface area contributed by atoms with E-state index in [-0.39, 0.29) is 18.0 Å². The lowest BCUT2D eigenvalue weighted by Gasteiger charge is -2.34. The number of halogens is 3. The molecular formula is C22H21F3N6O. The number of hydrogen-bond donors (Lipinski definition) is 1. The fourth-order valence-corrected chi connectivity index (χ4v) is 4.73. The Bertz CT molecular complexity index is 1130. The fraction of sp³-hybridized carbons (Fsp3) is 0.364. The average Bonchev–Trinajstić information content (AvgIpc) is 3.50. The summed E-state index contributed by atoms with van der Waals surface area (Å²) < 4.78 is 38.4. The number of hydrogen-bond acceptors (Lipinski definition) is 5. The zero-order valence-electron chi connectivity index (χ0n) is 17.3. The first kappa shape index (κ1) is 20.5. The molecule has 1 N–H and O–H groups in total. The zero-order valence-corrected chi connectivity index (χ0v) is 17.3. The highest BCUT2D eigenvalue weighted by Crippen LogP contribution is 2.40. The molecule has 1 saturated heterocycles. The van der Waals surface area contributed by atoms with Crippen LogP contribution in [-0.2, 0) is 6.18 Å². The van der Waals surface area contributed by atoms with E-state index in [1.165, 1.54) is 10.9 Å². The van der Waals surface area contributed by atoms with Crippen molar-refractivity contribution in [3.63, 3.8) is 0 Å². The molecule has 1 aliphatic heterocycles. The maximum Gasteiger partial charge on any atom is 0.417 e. The van der Waals surface area contributed by atoms with Gasteiger partial charge in [-0.1, -0.05) is 6.07 Å². The quantitative estimate of drug-likeness (QED) is 0.667. The summed E-state index contributed by atoms with van der Waals surface area (Å²) in [5.41, 5.74) is 1.35. The number of rotatable bonds is 4. The van der Waals surface area contributed by atoms with Crippen molar-refractivity contribution in [2.24, 2.45) is 5.92 Å². The predicted molar refractivity (Wildman–Crippen MR) is 110 cm³/mol. The minimum absolute atomic E-state index is 0.0590. The van der Waals surface area contributed by atoms with Crippen molar-refractivity contribution < 1.29 is 18.0 Å². The van der Waals surface area contributed by atoms with Crippen LogP contribution in [0, 0.1) is 12.8 Å². The van der Waals surface area contributed by atoms with Gasteiger partial charge in [-0.25, -0.2) is 4.98 Å². The summed E-state index contributed by atoms with van der Waals surface area (Å²) in [4.78, 5) is 20.7. The van der Waals surface area contributed by atoms with Crippen LogP contribution < -0.4 is 5.32 Å². The summed E-state index contributed by atoms with van der Waals surface area (Å²) in [5.74, 6) is 0.615. The van der Waals surface area contributed by atoms with Crippen LogP contribution in [0.4, 0.5) is 19.0 Å². The minimum Gasteiger partial charge on any atom is -0.365 e. The van der Waals surface area contributed by atoms with E-state index in [4.69, 9.17) is 0 Å². The Morgan fingerprint density at radius 3 is 2.56 bits per heavy atom. The van der Waals surface area contributed by atoms with E-state index in [1.807, 2.05) is 24.0 Å². The van der Waals surface area contributed by atoms with E-state index in [0.29, 0.717) is 29.5 Å². The number of carbonyl (C=O) groups is 1. The molecule has 3 aromatic rings. The number of pyridine rings is 1.